The van der Waals surface area contributed by atoms with Gasteiger partial charge in [-0.2, -0.15) is 13.2 Å². The molecule has 1 aliphatic rings. The number of alkyl halides is 3. The van der Waals surface area contributed by atoms with E-state index >= 15 is 0 Å². The number of para-hydroxylation sites is 1. The van der Waals surface area contributed by atoms with Crippen LogP contribution in [0.1, 0.15) is 17.5 Å². The van der Waals surface area contributed by atoms with Crippen LogP contribution in [0.5, 0.6) is 0 Å². The Morgan fingerprint density at radius 3 is 2.42 bits per heavy atom. The Labute approximate surface area is 185 Å². The van der Waals surface area contributed by atoms with Gasteiger partial charge in [0.15, 0.2) is 0 Å². The summed E-state index contributed by atoms with van der Waals surface area (Å²) in [6, 6.07) is 13.9. The van der Waals surface area contributed by atoms with Gasteiger partial charge in [-0.1, -0.05) is 36.0 Å². The van der Waals surface area contributed by atoms with Crippen LogP contribution in [0.15, 0.2) is 58.5 Å². The van der Waals surface area contributed by atoms with Gasteiger partial charge in [0, 0.05) is 49.0 Å². The monoisotopic (exact) mass is 447 g/mol. The van der Waals surface area contributed by atoms with Gasteiger partial charge < -0.3 is 14.4 Å². The minimum absolute atomic E-state index is 0.604. The van der Waals surface area contributed by atoms with Gasteiger partial charge in [-0.3, -0.25) is 0 Å². The summed E-state index contributed by atoms with van der Waals surface area (Å²) in [5.41, 5.74) is 1.74. The fourth-order valence-electron chi connectivity index (χ4n) is 4.22. The summed E-state index contributed by atoms with van der Waals surface area (Å²) < 4.78 is 41.7. The fraction of sp³-hybridized carbons (Fsp3) is 0.417. The van der Waals surface area contributed by atoms with E-state index in [0.717, 1.165) is 62.2 Å². The first kappa shape index (κ1) is 22.2. The zero-order valence-electron chi connectivity index (χ0n) is 18.0. The summed E-state index contributed by atoms with van der Waals surface area (Å²) in [7, 11) is 4.16. The van der Waals surface area contributed by atoms with Gasteiger partial charge in [0.25, 0.3) is 0 Å². The van der Waals surface area contributed by atoms with E-state index in [1.165, 1.54) is 34.8 Å². The van der Waals surface area contributed by atoms with Crippen molar-refractivity contribution in [3.05, 3.63) is 59.7 Å². The van der Waals surface area contributed by atoms with E-state index in [1.54, 1.807) is 6.07 Å². The van der Waals surface area contributed by atoms with Crippen LogP contribution in [-0.2, 0) is 19.6 Å². The number of likely N-dealkylation sites (N-methyl/N-ethyl adjacent to an activating group) is 1. The first-order valence-corrected chi connectivity index (χ1v) is 11.5. The van der Waals surface area contributed by atoms with Crippen LogP contribution in [0.4, 0.5) is 13.2 Å². The molecule has 0 unspecified atom stereocenters. The van der Waals surface area contributed by atoms with E-state index in [2.05, 4.69) is 33.5 Å². The van der Waals surface area contributed by atoms with E-state index in [4.69, 9.17) is 0 Å². The zero-order chi connectivity index (χ0) is 22.0. The van der Waals surface area contributed by atoms with Crippen LogP contribution < -0.4 is 0 Å². The Morgan fingerprint density at radius 1 is 0.935 bits per heavy atom. The number of aryl methyl sites for hydroxylation is 2. The van der Waals surface area contributed by atoms with Crippen molar-refractivity contribution in [1.29, 1.82) is 0 Å². The first-order valence-electron chi connectivity index (χ1n) is 10.7. The zero-order valence-corrected chi connectivity index (χ0v) is 18.8. The molecule has 0 amide bonds. The number of hydrogen-bond donors (Lipinski definition) is 0. The number of halogens is 3. The molecular formula is C24H28F3N3S. The summed E-state index contributed by atoms with van der Waals surface area (Å²) >= 11 is 1.43. The molecule has 2 heterocycles. The molecule has 0 bridgehead atoms. The first-order chi connectivity index (χ1) is 14.8. The third kappa shape index (κ3) is 5.10. The second-order valence-electron chi connectivity index (χ2n) is 8.24. The maximum atomic E-state index is 13.2. The van der Waals surface area contributed by atoms with Gasteiger partial charge in [0.2, 0.25) is 0 Å². The molecule has 4 rings (SSSR count). The lowest BCUT2D eigenvalue weighted by atomic mass is 10.1. The number of fused-ring (bicyclic) bond motifs is 1. The third-order valence-corrected chi connectivity index (χ3v) is 7.23. The molecule has 2 aromatic carbocycles. The molecular weight excluding hydrogens is 419 g/mol. The van der Waals surface area contributed by atoms with E-state index in [9.17, 15) is 13.2 Å². The number of benzene rings is 2. The van der Waals surface area contributed by atoms with Crippen molar-refractivity contribution >= 4 is 22.7 Å². The molecule has 1 aliphatic heterocycles. The number of hydrogen-bond acceptors (Lipinski definition) is 3. The fourth-order valence-corrected chi connectivity index (χ4v) is 5.34. The van der Waals surface area contributed by atoms with Crippen molar-refractivity contribution < 1.29 is 13.2 Å². The van der Waals surface area contributed by atoms with Crippen LogP contribution in [0, 0.1) is 0 Å². The second-order valence-corrected chi connectivity index (χ2v) is 9.30. The Kier molecular flexibility index (Phi) is 6.65. The second kappa shape index (κ2) is 9.27. The minimum atomic E-state index is -4.33. The Balaban J connectivity index is 1.57. The van der Waals surface area contributed by atoms with Crippen molar-refractivity contribution in [3.63, 3.8) is 0 Å². The molecule has 0 radical (unpaired) electrons. The average molecular weight is 448 g/mol. The van der Waals surface area contributed by atoms with Crippen LogP contribution >= 0.6 is 11.8 Å². The largest absolute Gasteiger partial charge is 0.416 e. The normalized spacial score (nSPS) is 16.3. The minimum Gasteiger partial charge on any atom is -0.338 e. The summed E-state index contributed by atoms with van der Waals surface area (Å²) in [6.07, 6.45) is -2.39. The van der Waals surface area contributed by atoms with Crippen LogP contribution in [0.25, 0.3) is 10.9 Å². The number of piperazine rings is 1. The SMILES string of the molecule is CN1CCN(CCCc2c(Sc3cccc(C(F)(F)F)c3)n(C)c3ccccc23)CC1. The molecule has 0 aliphatic carbocycles. The average Bonchev–Trinajstić information content (AvgIpc) is 3.01. The van der Waals surface area contributed by atoms with Crippen LogP contribution in [-0.4, -0.2) is 54.1 Å². The number of rotatable bonds is 6. The van der Waals surface area contributed by atoms with Crippen molar-refractivity contribution in [2.75, 3.05) is 39.8 Å². The molecule has 1 fully saturated rings. The quantitative estimate of drug-likeness (QED) is 0.493. The summed E-state index contributed by atoms with van der Waals surface area (Å²) in [5, 5.41) is 2.22. The predicted molar refractivity (Wildman–Crippen MR) is 121 cm³/mol. The summed E-state index contributed by atoms with van der Waals surface area (Å²) in [4.78, 5) is 5.47. The van der Waals surface area contributed by atoms with Gasteiger partial charge >= 0.3 is 6.18 Å². The van der Waals surface area contributed by atoms with Crippen LogP contribution in [0.3, 0.4) is 0 Å². The summed E-state index contributed by atoms with van der Waals surface area (Å²) in [6.45, 7) is 5.44. The van der Waals surface area contributed by atoms with Crippen molar-refractivity contribution in [3.8, 4) is 0 Å². The lowest BCUT2D eigenvalue weighted by molar-refractivity contribution is -0.137. The molecule has 3 aromatic rings. The molecule has 0 N–H and O–H groups in total. The van der Waals surface area contributed by atoms with E-state index < -0.39 is 11.7 Å². The Hall–Kier alpha value is -1.96. The highest BCUT2D eigenvalue weighted by Gasteiger charge is 2.30. The van der Waals surface area contributed by atoms with E-state index in [0.29, 0.717) is 4.90 Å². The standard InChI is InChI=1S/C24H28F3N3S/c1-28-13-15-30(16-14-28)12-6-10-21-20-9-3-4-11-22(20)29(2)23(21)31-19-8-5-7-18(17-19)24(25,26)27/h3-5,7-9,11,17H,6,10,12-16H2,1-2H3. The van der Waals surface area contributed by atoms with Crippen molar-refractivity contribution in [2.24, 2.45) is 7.05 Å². The number of aromatic nitrogens is 1. The Morgan fingerprint density at radius 2 is 1.68 bits per heavy atom. The lowest BCUT2D eigenvalue weighted by Crippen LogP contribution is -2.44. The van der Waals surface area contributed by atoms with Gasteiger partial charge in [0.1, 0.15) is 0 Å². The molecule has 1 aromatic heterocycles. The van der Waals surface area contributed by atoms with Crippen molar-refractivity contribution in [1.82, 2.24) is 14.4 Å². The van der Waals surface area contributed by atoms with Crippen LogP contribution in [0.2, 0.25) is 0 Å². The van der Waals surface area contributed by atoms with Gasteiger partial charge in [0.05, 0.1) is 10.6 Å². The molecule has 0 atom stereocenters. The third-order valence-electron chi connectivity index (χ3n) is 6.03. The highest BCUT2D eigenvalue weighted by atomic mass is 32.2. The predicted octanol–water partition coefficient (Wildman–Crippen LogP) is 5.53. The Bertz CT molecular complexity index is 1040. The van der Waals surface area contributed by atoms with Gasteiger partial charge in [-0.25, -0.2) is 0 Å². The highest BCUT2D eigenvalue weighted by molar-refractivity contribution is 7.99. The molecule has 166 valence electrons. The molecule has 1 saturated heterocycles. The molecule has 0 spiro atoms. The molecule has 3 nitrogen and oxygen atoms in total. The molecule has 0 saturated carbocycles. The van der Waals surface area contributed by atoms with E-state index in [-0.39, 0.29) is 0 Å². The maximum absolute atomic E-state index is 13.2. The van der Waals surface area contributed by atoms with E-state index in [1.807, 2.05) is 19.2 Å². The topological polar surface area (TPSA) is 11.4 Å². The van der Waals surface area contributed by atoms with Crippen molar-refractivity contribution in [2.45, 2.75) is 28.9 Å². The van der Waals surface area contributed by atoms with Gasteiger partial charge in [-0.15, -0.1) is 0 Å². The molecule has 31 heavy (non-hydrogen) atoms. The van der Waals surface area contributed by atoms with Gasteiger partial charge in [-0.05, 0) is 56.3 Å². The summed E-state index contributed by atoms with van der Waals surface area (Å²) in [5.74, 6) is 0. The maximum Gasteiger partial charge on any atom is 0.416 e. The highest BCUT2D eigenvalue weighted by Crippen LogP contribution is 2.39. The lowest BCUT2D eigenvalue weighted by Gasteiger charge is -2.32. The number of nitrogens with zero attached hydrogens (tertiary/aromatic N) is 3. The molecule has 7 heteroatoms. The smallest absolute Gasteiger partial charge is 0.338 e.